The maximum atomic E-state index is 12.7. The highest BCUT2D eigenvalue weighted by Gasteiger charge is 2.47. The van der Waals surface area contributed by atoms with Crippen LogP contribution in [0.4, 0.5) is 13.2 Å². The van der Waals surface area contributed by atoms with Crippen molar-refractivity contribution < 1.29 is 35.2 Å². The summed E-state index contributed by atoms with van der Waals surface area (Å²) in [5.41, 5.74) is -5.44. The van der Waals surface area contributed by atoms with E-state index >= 15 is 0 Å². The number of hydrogen-bond donors (Lipinski definition) is 0. The molecule has 0 bridgehead atoms. The first-order valence-corrected chi connectivity index (χ1v) is 20.3. The van der Waals surface area contributed by atoms with E-state index in [-0.39, 0.29) is 6.61 Å². The Morgan fingerprint density at radius 1 is 0.467 bits per heavy atom. The van der Waals surface area contributed by atoms with E-state index in [1.165, 1.54) is 141 Å². The molecule has 0 aromatic rings. The van der Waals surface area contributed by atoms with Crippen LogP contribution in [-0.2, 0) is 23.8 Å². The third kappa shape index (κ3) is 30.7. The molecular weight excluding hydrogens is 601 g/mol. The van der Waals surface area contributed by atoms with Crippen LogP contribution in [0, 0.1) is 0 Å². The lowest BCUT2D eigenvalue weighted by Crippen LogP contribution is -2.32. The van der Waals surface area contributed by atoms with Crippen LogP contribution in [0.25, 0.3) is 0 Å². The fourth-order valence-electron chi connectivity index (χ4n) is 5.54. The maximum Gasteiger partial charge on any atom is 0.523 e. The van der Waals surface area contributed by atoms with Gasteiger partial charge in [0.05, 0.1) is 13.2 Å². The second-order valence-corrected chi connectivity index (χ2v) is 14.6. The lowest BCUT2D eigenvalue weighted by atomic mass is 10.0. The Morgan fingerprint density at radius 2 is 0.778 bits per heavy atom. The average molecular weight is 673 g/mol. The molecule has 1 atom stereocenters. The molecule has 45 heavy (non-hydrogen) atoms. The van der Waals surface area contributed by atoms with Crippen LogP contribution in [0.2, 0.25) is 0 Å². The first-order valence-electron chi connectivity index (χ1n) is 18.9. The predicted molar refractivity (Wildman–Crippen MR) is 182 cm³/mol. The molecule has 0 aromatic heterocycles. The molecular formula is C36H71F3O5S. The van der Waals surface area contributed by atoms with Crippen LogP contribution in [0.1, 0.15) is 194 Å². The molecule has 0 spiro atoms. The number of rotatable bonds is 36. The van der Waals surface area contributed by atoms with Gasteiger partial charge in [0.1, 0.15) is 6.10 Å². The van der Waals surface area contributed by atoms with E-state index in [0.717, 1.165) is 38.5 Å². The third-order valence-electron chi connectivity index (χ3n) is 8.49. The normalized spacial score (nSPS) is 13.1. The lowest BCUT2D eigenvalue weighted by molar-refractivity contribution is -0.0662. The molecule has 0 unspecified atom stereocenters. The summed E-state index contributed by atoms with van der Waals surface area (Å²) in [5, 5.41) is 0. The zero-order valence-electron chi connectivity index (χ0n) is 29.3. The lowest BCUT2D eigenvalue weighted by Gasteiger charge is -2.18. The Bertz CT molecular complexity index is 703. The van der Waals surface area contributed by atoms with Gasteiger partial charge in [0.2, 0.25) is 0 Å². The van der Waals surface area contributed by atoms with Gasteiger partial charge < -0.3 is 9.47 Å². The van der Waals surface area contributed by atoms with Gasteiger partial charge in [-0.15, -0.1) is 0 Å². The summed E-state index contributed by atoms with van der Waals surface area (Å²) < 4.78 is 76.4. The van der Waals surface area contributed by atoms with Crippen molar-refractivity contribution in [1.29, 1.82) is 0 Å². The summed E-state index contributed by atoms with van der Waals surface area (Å²) in [7, 11) is -5.65. The first kappa shape index (κ1) is 44.6. The highest BCUT2D eigenvalue weighted by Crippen LogP contribution is 2.25. The first-order chi connectivity index (χ1) is 21.7. The van der Waals surface area contributed by atoms with E-state index in [9.17, 15) is 21.6 Å². The van der Waals surface area contributed by atoms with Crippen LogP contribution >= 0.6 is 0 Å². The van der Waals surface area contributed by atoms with E-state index in [1.807, 2.05) is 0 Å². The number of halogens is 3. The fraction of sp³-hybridized carbons (Fsp3) is 1.00. The minimum absolute atomic E-state index is 0.0183. The van der Waals surface area contributed by atoms with Crippen molar-refractivity contribution in [2.45, 2.75) is 205 Å². The second kappa shape index (κ2) is 32.2. The van der Waals surface area contributed by atoms with E-state index in [4.69, 9.17) is 9.47 Å². The van der Waals surface area contributed by atoms with E-state index < -0.39 is 28.3 Å². The maximum absolute atomic E-state index is 12.7. The van der Waals surface area contributed by atoms with Gasteiger partial charge in [-0.2, -0.15) is 21.6 Å². The Hall–Kier alpha value is -0.380. The number of alkyl halides is 3. The molecule has 0 aromatic carbocycles. The van der Waals surface area contributed by atoms with Gasteiger partial charge in [0.15, 0.2) is 0 Å². The highest BCUT2D eigenvalue weighted by molar-refractivity contribution is 7.87. The number of hydrogen-bond acceptors (Lipinski definition) is 5. The molecule has 0 saturated carbocycles. The molecule has 0 aliphatic carbocycles. The summed E-state index contributed by atoms with van der Waals surface area (Å²) in [4.78, 5) is 0. The van der Waals surface area contributed by atoms with Crippen LogP contribution in [0.5, 0.6) is 0 Å². The monoisotopic (exact) mass is 672 g/mol. The van der Waals surface area contributed by atoms with Gasteiger partial charge in [-0.05, 0) is 12.8 Å². The van der Waals surface area contributed by atoms with Crippen LogP contribution in [0.3, 0.4) is 0 Å². The van der Waals surface area contributed by atoms with Crippen LogP contribution in [0.15, 0.2) is 0 Å². The van der Waals surface area contributed by atoms with Crippen molar-refractivity contribution >= 4 is 10.1 Å². The molecule has 0 heterocycles. The van der Waals surface area contributed by atoms with Crippen molar-refractivity contribution in [3.63, 3.8) is 0 Å². The standard InChI is InChI=1S/C36H71F3O5S/c1-3-5-7-9-11-13-15-17-19-21-23-25-27-29-31-42-33-35(34-44-45(40,41)36(37,38)39)43-32-30-28-26-24-22-20-18-16-14-12-10-8-6-4-2/h35H,3-34H2,1-2H3/t35-/m0/s1. The van der Waals surface area contributed by atoms with Gasteiger partial charge in [0, 0.05) is 13.2 Å². The Kier molecular flexibility index (Phi) is 31.9. The number of ether oxygens (including phenoxy) is 2. The Balaban J connectivity index is 3.94. The SMILES string of the molecule is CCCCCCCCCCCCCCCCOC[C@@H](COS(=O)(=O)C(F)(F)F)OCCCCCCCCCCCCCCCC. The zero-order valence-corrected chi connectivity index (χ0v) is 30.1. The van der Waals surface area contributed by atoms with Gasteiger partial charge in [-0.1, -0.05) is 181 Å². The van der Waals surface area contributed by atoms with Crippen LogP contribution < -0.4 is 0 Å². The van der Waals surface area contributed by atoms with E-state index in [1.54, 1.807) is 0 Å². The smallest absolute Gasteiger partial charge is 0.379 e. The van der Waals surface area contributed by atoms with Gasteiger partial charge in [-0.3, -0.25) is 4.18 Å². The van der Waals surface area contributed by atoms with E-state index in [0.29, 0.717) is 13.2 Å². The van der Waals surface area contributed by atoms with Crippen molar-refractivity contribution in [2.75, 3.05) is 26.4 Å². The van der Waals surface area contributed by atoms with E-state index in [2.05, 4.69) is 18.0 Å². The van der Waals surface area contributed by atoms with Crippen molar-refractivity contribution in [2.24, 2.45) is 0 Å². The summed E-state index contributed by atoms with van der Waals surface area (Å²) in [6.07, 6.45) is 34.0. The molecule has 0 aliphatic rings. The topological polar surface area (TPSA) is 61.8 Å². The summed E-state index contributed by atoms with van der Waals surface area (Å²) in [6, 6.07) is 0. The molecule has 0 radical (unpaired) electrons. The molecule has 0 saturated heterocycles. The van der Waals surface area contributed by atoms with Gasteiger partial charge in [-0.25, -0.2) is 0 Å². The molecule has 0 fully saturated rings. The third-order valence-corrected chi connectivity index (χ3v) is 9.50. The molecule has 5 nitrogen and oxygen atoms in total. The minimum atomic E-state index is -5.65. The zero-order chi connectivity index (χ0) is 33.3. The van der Waals surface area contributed by atoms with Crippen molar-refractivity contribution in [3.8, 4) is 0 Å². The summed E-state index contributed by atoms with van der Waals surface area (Å²) in [6.45, 7) is 4.64. The van der Waals surface area contributed by atoms with Gasteiger partial charge in [0.25, 0.3) is 0 Å². The Labute approximate surface area is 276 Å². The molecule has 0 N–H and O–H groups in total. The second-order valence-electron chi connectivity index (χ2n) is 12.9. The summed E-state index contributed by atoms with van der Waals surface area (Å²) >= 11 is 0. The Morgan fingerprint density at radius 3 is 1.11 bits per heavy atom. The molecule has 0 aliphatic heterocycles. The molecule has 272 valence electrons. The minimum Gasteiger partial charge on any atom is -0.379 e. The predicted octanol–water partition coefficient (Wildman–Crippen LogP) is 12.2. The fourth-order valence-corrected chi connectivity index (χ4v) is 6.00. The average Bonchev–Trinajstić information content (AvgIpc) is 3.00. The number of unbranched alkanes of at least 4 members (excludes halogenated alkanes) is 26. The summed E-state index contributed by atoms with van der Waals surface area (Å²) in [5.74, 6) is 0. The molecule has 0 rings (SSSR count). The van der Waals surface area contributed by atoms with Crippen LogP contribution in [-0.4, -0.2) is 46.5 Å². The van der Waals surface area contributed by atoms with Crippen molar-refractivity contribution in [1.82, 2.24) is 0 Å². The largest absolute Gasteiger partial charge is 0.523 e. The quantitative estimate of drug-likeness (QED) is 0.0376. The van der Waals surface area contributed by atoms with Gasteiger partial charge >= 0.3 is 15.6 Å². The van der Waals surface area contributed by atoms with Crippen molar-refractivity contribution in [3.05, 3.63) is 0 Å². The molecule has 9 heteroatoms. The molecule has 0 amide bonds. The highest BCUT2D eigenvalue weighted by atomic mass is 32.2.